The molecule has 3 nitrogen and oxygen atoms in total. The number of nitrogens with zero attached hydrogens (tertiary/aromatic N) is 2. The minimum atomic E-state index is -0.821. The first-order valence-electron chi connectivity index (χ1n) is 6.16. The van der Waals surface area contributed by atoms with Gasteiger partial charge in [-0.05, 0) is 43.5 Å². The van der Waals surface area contributed by atoms with Crippen LogP contribution in [0.1, 0.15) is 39.9 Å². The van der Waals surface area contributed by atoms with Crippen LogP contribution in [-0.2, 0) is 0 Å². The lowest BCUT2D eigenvalue weighted by atomic mass is 9.85. The van der Waals surface area contributed by atoms with Gasteiger partial charge in [-0.25, -0.2) is 0 Å². The molecule has 1 aromatic rings. The molecule has 0 fully saturated rings. The Morgan fingerprint density at radius 2 is 1.79 bits per heavy atom. The number of allylic oxidation sites excluding steroid dienone is 2. The summed E-state index contributed by atoms with van der Waals surface area (Å²) in [4.78, 5) is 12.4. The normalized spacial score (nSPS) is 19.4. The van der Waals surface area contributed by atoms with Crippen molar-refractivity contribution >= 4 is 5.78 Å². The van der Waals surface area contributed by atoms with Gasteiger partial charge in [0.1, 0.15) is 5.92 Å². The molecule has 2 rings (SSSR count). The fourth-order valence-corrected chi connectivity index (χ4v) is 2.60. The van der Waals surface area contributed by atoms with Crippen LogP contribution in [0, 0.1) is 42.4 Å². The smallest absolute Gasteiger partial charge is 0.189 e. The van der Waals surface area contributed by atoms with Crippen molar-refractivity contribution in [1.29, 1.82) is 10.5 Å². The molecule has 0 bridgehead atoms. The van der Waals surface area contributed by atoms with Crippen molar-refractivity contribution in [3.05, 3.63) is 46.0 Å². The van der Waals surface area contributed by atoms with Gasteiger partial charge < -0.3 is 0 Å². The minimum Gasteiger partial charge on any atom is -0.289 e. The zero-order valence-electron chi connectivity index (χ0n) is 11.2. The topological polar surface area (TPSA) is 64.7 Å². The molecule has 0 heterocycles. The van der Waals surface area contributed by atoms with Gasteiger partial charge in [-0.1, -0.05) is 12.1 Å². The Morgan fingerprint density at radius 1 is 1.21 bits per heavy atom. The van der Waals surface area contributed by atoms with Gasteiger partial charge in [-0.2, -0.15) is 10.5 Å². The predicted molar refractivity (Wildman–Crippen MR) is 71.5 cm³/mol. The molecule has 0 amide bonds. The minimum absolute atomic E-state index is 0.0545. The summed E-state index contributed by atoms with van der Waals surface area (Å²) in [6.07, 6.45) is 1.72. The Hall–Kier alpha value is -2.39. The Morgan fingerprint density at radius 3 is 2.32 bits per heavy atom. The highest BCUT2D eigenvalue weighted by Gasteiger charge is 2.39. The second kappa shape index (κ2) is 4.71. The number of benzene rings is 1. The van der Waals surface area contributed by atoms with Crippen LogP contribution in [0.4, 0.5) is 0 Å². The summed E-state index contributed by atoms with van der Waals surface area (Å²) < 4.78 is 0. The van der Waals surface area contributed by atoms with E-state index in [1.807, 2.05) is 38.1 Å². The lowest BCUT2D eigenvalue weighted by Gasteiger charge is -2.13. The average Bonchev–Trinajstić information content (AvgIpc) is 2.65. The zero-order chi connectivity index (χ0) is 14.2. The van der Waals surface area contributed by atoms with E-state index in [0.717, 1.165) is 16.7 Å². The SMILES string of the molecule is C/C=C1/C(=O)c2cc(C)c(C)cc2C1C(C#N)C#N. The third-order valence-corrected chi connectivity index (χ3v) is 3.77. The molecule has 0 aromatic heterocycles. The number of carbonyl (C=O) groups is 1. The summed E-state index contributed by atoms with van der Waals surface area (Å²) in [5.41, 5.74) is 4.14. The van der Waals surface area contributed by atoms with Crippen LogP contribution in [0.25, 0.3) is 0 Å². The monoisotopic (exact) mass is 250 g/mol. The van der Waals surface area contributed by atoms with Crippen LogP contribution in [-0.4, -0.2) is 5.78 Å². The van der Waals surface area contributed by atoms with E-state index in [1.54, 1.807) is 13.0 Å². The van der Waals surface area contributed by atoms with Crippen LogP contribution in [0.5, 0.6) is 0 Å². The molecule has 94 valence electrons. The molecule has 0 saturated heterocycles. The number of hydrogen-bond acceptors (Lipinski definition) is 3. The van der Waals surface area contributed by atoms with Gasteiger partial charge >= 0.3 is 0 Å². The van der Waals surface area contributed by atoms with Crippen LogP contribution < -0.4 is 0 Å². The first kappa shape index (κ1) is 13.1. The van der Waals surface area contributed by atoms with Crippen molar-refractivity contribution in [2.24, 2.45) is 5.92 Å². The molecule has 1 atom stereocenters. The fraction of sp³-hybridized carbons (Fsp3) is 0.312. The largest absolute Gasteiger partial charge is 0.289 e. The highest BCUT2D eigenvalue weighted by Crippen LogP contribution is 2.43. The Balaban J connectivity index is 2.71. The second-order valence-corrected chi connectivity index (χ2v) is 4.81. The maximum Gasteiger partial charge on any atom is 0.189 e. The third-order valence-electron chi connectivity index (χ3n) is 3.77. The Labute approximate surface area is 112 Å². The number of ketones is 1. The van der Waals surface area contributed by atoms with E-state index in [1.165, 1.54) is 0 Å². The number of fused-ring (bicyclic) bond motifs is 1. The highest BCUT2D eigenvalue weighted by molar-refractivity contribution is 6.14. The van der Waals surface area contributed by atoms with Crippen molar-refractivity contribution in [3.8, 4) is 12.1 Å². The zero-order valence-corrected chi connectivity index (χ0v) is 11.2. The van der Waals surface area contributed by atoms with Crippen LogP contribution in [0.15, 0.2) is 23.8 Å². The third kappa shape index (κ3) is 1.84. The molecule has 19 heavy (non-hydrogen) atoms. The van der Waals surface area contributed by atoms with Crippen molar-refractivity contribution in [1.82, 2.24) is 0 Å². The maximum absolute atomic E-state index is 12.4. The molecular formula is C16H14N2O. The van der Waals surface area contributed by atoms with Crippen LogP contribution in [0.3, 0.4) is 0 Å². The molecule has 0 N–H and O–H groups in total. The van der Waals surface area contributed by atoms with E-state index in [-0.39, 0.29) is 5.78 Å². The first-order valence-corrected chi connectivity index (χ1v) is 6.16. The molecule has 1 aromatic carbocycles. The summed E-state index contributed by atoms with van der Waals surface area (Å²) in [6.45, 7) is 5.70. The predicted octanol–water partition coefficient (Wildman–Crippen LogP) is 3.19. The van der Waals surface area contributed by atoms with Crippen LogP contribution >= 0.6 is 0 Å². The molecule has 1 aliphatic carbocycles. The average molecular weight is 250 g/mol. The number of nitriles is 2. The molecular weight excluding hydrogens is 236 g/mol. The number of aryl methyl sites for hydroxylation is 2. The molecule has 1 unspecified atom stereocenters. The second-order valence-electron chi connectivity index (χ2n) is 4.81. The first-order chi connectivity index (χ1) is 9.04. The van der Waals surface area contributed by atoms with E-state index < -0.39 is 11.8 Å². The fourth-order valence-electron chi connectivity index (χ4n) is 2.60. The summed E-state index contributed by atoms with van der Waals surface area (Å²) in [5, 5.41) is 18.2. The van der Waals surface area contributed by atoms with E-state index in [4.69, 9.17) is 10.5 Å². The summed E-state index contributed by atoms with van der Waals surface area (Å²) in [6, 6.07) is 7.80. The van der Waals surface area contributed by atoms with E-state index in [0.29, 0.717) is 11.1 Å². The molecule has 0 spiro atoms. The van der Waals surface area contributed by atoms with Crippen molar-refractivity contribution in [3.63, 3.8) is 0 Å². The number of Topliss-reactive ketones (excluding diaryl/α,β-unsaturated/α-hetero) is 1. The maximum atomic E-state index is 12.4. The highest BCUT2D eigenvalue weighted by atomic mass is 16.1. The van der Waals surface area contributed by atoms with Gasteiger partial charge in [-0.15, -0.1) is 0 Å². The lowest BCUT2D eigenvalue weighted by molar-refractivity contribution is 0.103. The quantitative estimate of drug-likeness (QED) is 0.719. The Bertz CT molecular complexity index is 657. The Kier molecular flexibility index (Phi) is 3.23. The summed E-state index contributed by atoms with van der Waals surface area (Å²) in [7, 11) is 0. The van der Waals surface area contributed by atoms with E-state index in [2.05, 4.69) is 0 Å². The van der Waals surface area contributed by atoms with Crippen molar-refractivity contribution in [2.75, 3.05) is 0 Å². The van der Waals surface area contributed by atoms with Crippen molar-refractivity contribution < 1.29 is 4.79 Å². The van der Waals surface area contributed by atoms with Gasteiger partial charge in [0, 0.05) is 17.1 Å². The van der Waals surface area contributed by atoms with Gasteiger partial charge in [0.15, 0.2) is 5.78 Å². The van der Waals surface area contributed by atoms with Crippen LogP contribution in [0.2, 0.25) is 0 Å². The molecule has 1 aliphatic rings. The summed E-state index contributed by atoms with van der Waals surface area (Å²) >= 11 is 0. The number of rotatable bonds is 1. The summed E-state index contributed by atoms with van der Waals surface area (Å²) in [5.74, 6) is -1.29. The number of carbonyl (C=O) groups excluding carboxylic acids is 1. The molecule has 0 saturated carbocycles. The molecule has 0 aliphatic heterocycles. The van der Waals surface area contributed by atoms with Gasteiger partial charge in [0.05, 0.1) is 12.1 Å². The lowest BCUT2D eigenvalue weighted by Crippen LogP contribution is -2.10. The molecule has 0 radical (unpaired) electrons. The van der Waals surface area contributed by atoms with Gasteiger partial charge in [0.25, 0.3) is 0 Å². The van der Waals surface area contributed by atoms with Gasteiger partial charge in [0.2, 0.25) is 0 Å². The standard InChI is InChI=1S/C16H14N2O/c1-4-12-15(11(7-17)8-18)13-5-9(2)10(3)6-14(13)16(12)19/h4-6,11,15H,1-3H3/b12-4+. The van der Waals surface area contributed by atoms with E-state index in [9.17, 15) is 4.79 Å². The van der Waals surface area contributed by atoms with E-state index >= 15 is 0 Å². The number of hydrogen-bond donors (Lipinski definition) is 0. The van der Waals surface area contributed by atoms with Crippen molar-refractivity contribution in [2.45, 2.75) is 26.7 Å². The van der Waals surface area contributed by atoms with Gasteiger partial charge in [-0.3, -0.25) is 4.79 Å². The molecule has 3 heteroatoms.